The number of benzene rings is 6. The molecule has 0 spiro atoms. The highest BCUT2D eigenvalue weighted by atomic mass is 32.1. The van der Waals surface area contributed by atoms with E-state index in [-0.39, 0.29) is 0 Å². The summed E-state index contributed by atoms with van der Waals surface area (Å²) < 4.78 is 4.48. The number of aromatic nitrogens is 3. The van der Waals surface area contributed by atoms with Gasteiger partial charge in [0.25, 0.3) is 0 Å². The van der Waals surface area contributed by atoms with Crippen LogP contribution in [0.3, 0.4) is 0 Å². The van der Waals surface area contributed by atoms with Gasteiger partial charge in [0.05, 0.1) is 38.6 Å². The third-order valence-corrected chi connectivity index (χ3v) is 9.78. The van der Waals surface area contributed by atoms with Gasteiger partial charge in [-0.3, -0.25) is 0 Å². The number of rotatable bonds is 4. The number of hydrogen-bond acceptors (Lipinski definition) is 4. The average molecular weight is 605 g/mol. The Labute approximate surface area is 269 Å². The summed E-state index contributed by atoms with van der Waals surface area (Å²) in [6.45, 7) is 0. The van der Waals surface area contributed by atoms with Crippen LogP contribution in [0.2, 0.25) is 0 Å². The van der Waals surface area contributed by atoms with Gasteiger partial charge in [0, 0.05) is 37.7 Å². The lowest BCUT2D eigenvalue weighted by atomic mass is 10.0. The Morgan fingerprint density at radius 1 is 0.543 bits per heavy atom. The first-order valence-electron chi connectivity index (χ1n) is 15.1. The molecule has 4 nitrogen and oxygen atoms in total. The number of para-hydroxylation sites is 2. The van der Waals surface area contributed by atoms with Gasteiger partial charge in [0.2, 0.25) is 0 Å². The highest BCUT2D eigenvalue weighted by Crippen LogP contribution is 2.41. The Bertz CT molecular complexity index is 2590. The molecule has 0 bridgehead atoms. The third-order valence-electron chi connectivity index (χ3n) is 8.61. The van der Waals surface area contributed by atoms with Crippen molar-refractivity contribution < 1.29 is 0 Å². The lowest BCUT2D eigenvalue weighted by molar-refractivity contribution is 1.18. The van der Waals surface area contributed by atoms with E-state index in [2.05, 4.69) is 108 Å². The van der Waals surface area contributed by atoms with E-state index in [9.17, 15) is 5.26 Å². The van der Waals surface area contributed by atoms with Crippen LogP contribution in [0.5, 0.6) is 0 Å². The molecule has 0 aliphatic rings. The van der Waals surface area contributed by atoms with Crippen LogP contribution < -0.4 is 0 Å². The highest BCUT2D eigenvalue weighted by Gasteiger charge is 2.18. The van der Waals surface area contributed by atoms with E-state index < -0.39 is 0 Å². The molecule has 0 fully saturated rings. The normalized spacial score (nSPS) is 11.5. The molecule has 0 saturated carbocycles. The first kappa shape index (κ1) is 26.3. The Morgan fingerprint density at radius 3 is 1.89 bits per heavy atom. The largest absolute Gasteiger partial charge is 0.309 e. The molecular weight excluding hydrogens is 581 g/mol. The number of thiophene rings is 1. The fourth-order valence-corrected chi connectivity index (χ4v) is 7.64. The molecule has 9 rings (SSSR count). The minimum Gasteiger partial charge on any atom is -0.309 e. The average Bonchev–Trinajstić information content (AvgIpc) is 3.67. The van der Waals surface area contributed by atoms with Crippen molar-refractivity contribution in [1.29, 1.82) is 5.26 Å². The van der Waals surface area contributed by atoms with E-state index in [4.69, 9.17) is 9.97 Å². The van der Waals surface area contributed by atoms with Crippen LogP contribution in [-0.4, -0.2) is 14.5 Å². The fourth-order valence-electron chi connectivity index (χ4n) is 6.50. The molecule has 9 aromatic rings. The maximum atomic E-state index is 10.1. The van der Waals surface area contributed by atoms with Gasteiger partial charge in [0.15, 0.2) is 5.82 Å². The van der Waals surface area contributed by atoms with Crippen LogP contribution in [0.25, 0.3) is 81.6 Å². The molecule has 214 valence electrons. The topological polar surface area (TPSA) is 54.5 Å². The highest BCUT2D eigenvalue weighted by molar-refractivity contribution is 7.26. The quantitative estimate of drug-likeness (QED) is 0.201. The second kappa shape index (κ2) is 10.5. The van der Waals surface area contributed by atoms with Crippen molar-refractivity contribution in [2.45, 2.75) is 0 Å². The summed E-state index contributed by atoms with van der Waals surface area (Å²) >= 11 is 1.72. The van der Waals surface area contributed by atoms with Gasteiger partial charge in [-0.2, -0.15) is 5.26 Å². The molecule has 0 aliphatic carbocycles. The molecule has 0 unspecified atom stereocenters. The zero-order valence-corrected chi connectivity index (χ0v) is 25.4. The van der Waals surface area contributed by atoms with Crippen LogP contribution in [0.1, 0.15) is 5.56 Å². The summed E-state index contributed by atoms with van der Waals surface area (Å²) in [5, 5.41) is 13.6. The van der Waals surface area contributed by atoms with Crippen LogP contribution in [-0.2, 0) is 0 Å². The maximum absolute atomic E-state index is 10.1. The lowest BCUT2D eigenvalue weighted by Gasteiger charge is -2.12. The predicted molar refractivity (Wildman–Crippen MR) is 190 cm³/mol. The van der Waals surface area contributed by atoms with Gasteiger partial charge < -0.3 is 4.57 Å². The number of nitrogens with zero attached hydrogens (tertiary/aromatic N) is 4. The molecular formula is C41H24N4S. The predicted octanol–water partition coefficient (Wildman–Crippen LogP) is 10.8. The standard InChI is InChI=1S/C41H24N4S/c42-25-26-21-30(23-31(22-26)45-35-17-9-7-15-32(35)33-16-8-10-18-36(33)45)29-19-20-37-34(24-29)39-40(46-37)38(27-11-3-1-4-12-27)43-41(44-39)28-13-5-2-6-14-28/h1-24H. The molecule has 5 heteroatoms. The van der Waals surface area contributed by atoms with Crippen molar-refractivity contribution in [2.75, 3.05) is 0 Å². The van der Waals surface area contributed by atoms with Crippen LogP contribution in [0.15, 0.2) is 146 Å². The fraction of sp³-hybridized carbons (Fsp3) is 0. The smallest absolute Gasteiger partial charge is 0.160 e. The van der Waals surface area contributed by atoms with Crippen molar-refractivity contribution in [1.82, 2.24) is 14.5 Å². The Morgan fingerprint density at radius 2 is 1.20 bits per heavy atom. The van der Waals surface area contributed by atoms with E-state index in [0.29, 0.717) is 11.4 Å². The Kier molecular flexibility index (Phi) is 6.02. The van der Waals surface area contributed by atoms with Crippen molar-refractivity contribution in [3.05, 3.63) is 151 Å². The molecule has 0 aliphatic heterocycles. The monoisotopic (exact) mass is 604 g/mol. The minimum absolute atomic E-state index is 0.615. The van der Waals surface area contributed by atoms with E-state index >= 15 is 0 Å². The van der Waals surface area contributed by atoms with Crippen molar-refractivity contribution >= 4 is 53.4 Å². The molecule has 6 aromatic carbocycles. The van der Waals surface area contributed by atoms with Gasteiger partial charge >= 0.3 is 0 Å². The molecule has 46 heavy (non-hydrogen) atoms. The van der Waals surface area contributed by atoms with Gasteiger partial charge in [-0.05, 0) is 53.6 Å². The van der Waals surface area contributed by atoms with E-state index in [1.807, 2.05) is 48.5 Å². The summed E-state index contributed by atoms with van der Waals surface area (Å²) in [4.78, 5) is 10.2. The molecule has 0 N–H and O–H groups in total. The van der Waals surface area contributed by atoms with Crippen LogP contribution >= 0.6 is 11.3 Å². The number of fused-ring (bicyclic) bond motifs is 6. The van der Waals surface area contributed by atoms with Crippen LogP contribution in [0.4, 0.5) is 0 Å². The molecule has 0 atom stereocenters. The van der Waals surface area contributed by atoms with Crippen molar-refractivity contribution in [3.8, 4) is 45.5 Å². The number of hydrogen-bond donors (Lipinski definition) is 0. The second-order valence-corrected chi connectivity index (χ2v) is 12.4. The molecule has 3 aromatic heterocycles. The summed E-state index contributed by atoms with van der Waals surface area (Å²) in [7, 11) is 0. The first-order valence-corrected chi connectivity index (χ1v) is 16.0. The summed E-state index contributed by atoms with van der Waals surface area (Å²) in [5.41, 5.74) is 9.74. The summed E-state index contributed by atoms with van der Waals surface area (Å²) in [5.74, 6) is 0.706. The minimum atomic E-state index is 0.615. The SMILES string of the molecule is N#Cc1cc(-c2ccc3sc4c(-c5ccccc5)nc(-c5ccccc5)nc4c3c2)cc(-n2c3ccccc3c3ccccc32)c1. The molecule has 0 radical (unpaired) electrons. The second-order valence-electron chi connectivity index (χ2n) is 11.4. The lowest BCUT2D eigenvalue weighted by Crippen LogP contribution is -1.96. The summed E-state index contributed by atoms with van der Waals surface area (Å²) in [6, 6.07) is 52.5. The Balaban J connectivity index is 1.28. The third kappa shape index (κ3) is 4.20. The molecule has 0 amide bonds. The van der Waals surface area contributed by atoms with E-state index in [1.54, 1.807) is 11.3 Å². The van der Waals surface area contributed by atoms with E-state index in [1.165, 1.54) is 10.8 Å². The zero-order chi connectivity index (χ0) is 30.6. The Hall–Kier alpha value is -6.09. The zero-order valence-electron chi connectivity index (χ0n) is 24.6. The molecule has 0 saturated heterocycles. The van der Waals surface area contributed by atoms with Gasteiger partial charge in [-0.1, -0.05) is 103 Å². The van der Waals surface area contributed by atoms with Gasteiger partial charge in [0.1, 0.15) is 0 Å². The van der Waals surface area contributed by atoms with Gasteiger partial charge in [-0.15, -0.1) is 11.3 Å². The van der Waals surface area contributed by atoms with Crippen molar-refractivity contribution in [2.24, 2.45) is 0 Å². The van der Waals surface area contributed by atoms with Crippen molar-refractivity contribution in [3.63, 3.8) is 0 Å². The maximum Gasteiger partial charge on any atom is 0.160 e. The first-order chi connectivity index (χ1) is 22.7. The van der Waals surface area contributed by atoms with Crippen LogP contribution in [0, 0.1) is 11.3 Å². The molecule has 3 heterocycles. The van der Waals surface area contributed by atoms with Gasteiger partial charge in [-0.25, -0.2) is 9.97 Å². The number of nitriles is 1. The van der Waals surface area contributed by atoms with E-state index in [0.717, 1.165) is 65.0 Å². The summed E-state index contributed by atoms with van der Waals surface area (Å²) in [6.07, 6.45) is 0.